The predicted molar refractivity (Wildman–Crippen MR) is 89.5 cm³/mol. The van der Waals surface area contributed by atoms with Gasteiger partial charge in [-0.3, -0.25) is 0 Å². The summed E-state index contributed by atoms with van der Waals surface area (Å²) >= 11 is 0. The standard InChI is InChI=1S/C19H14F4N2O/c20-17-8-7-14(11-16(17)19(21,22)23)25-12-13-4-3-5-15(10-13)26-18-6-1-2-9-24-18/h1-11,25H,12H2. The average Bonchev–Trinajstić information content (AvgIpc) is 2.61. The first-order chi connectivity index (χ1) is 12.4. The molecular weight excluding hydrogens is 348 g/mol. The van der Waals surface area contributed by atoms with Crippen LogP contribution in [-0.2, 0) is 12.7 Å². The molecule has 134 valence electrons. The van der Waals surface area contributed by atoms with Crippen LogP contribution in [0.4, 0.5) is 23.2 Å². The molecule has 2 aromatic carbocycles. The molecule has 3 nitrogen and oxygen atoms in total. The second-order valence-electron chi connectivity index (χ2n) is 5.46. The van der Waals surface area contributed by atoms with Gasteiger partial charge in [-0.1, -0.05) is 18.2 Å². The van der Waals surface area contributed by atoms with Gasteiger partial charge in [-0.25, -0.2) is 9.37 Å². The molecule has 3 rings (SSSR count). The smallest absolute Gasteiger partial charge is 0.419 e. The lowest BCUT2D eigenvalue weighted by Gasteiger charge is -2.12. The van der Waals surface area contributed by atoms with Gasteiger partial charge in [-0.15, -0.1) is 0 Å². The quantitative estimate of drug-likeness (QED) is 0.596. The van der Waals surface area contributed by atoms with Crippen molar-refractivity contribution < 1.29 is 22.3 Å². The molecule has 0 aliphatic heterocycles. The molecule has 3 aromatic rings. The Balaban J connectivity index is 1.70. The Hall–Kier alpha value is -3.09. The molecule has 0 bridgehead atoms. The van der Waals surface area contributed by atoms with Gasteiger partial charge in [0.1, 0.15) is 11.6 Å². The molecule has 0 atom stereocenters. The Bertz CT molecular complexity index is 882. The summed E-state index contributed by atoms with van der Waals surface area (Å²) in [6.45, 7) is 0.252. The third-order valence-electron chi connectivity index (χ3n) is 3.53. The molecular formula is C19H14F4N2O. The third kappa shape index (κ3) is 4.50. The van der Waals surface area contributed by atoms with Crippen LogP contribution in [0.3, 0.4) is 0 Å². The van der Waals surface area contributed by atoms with Gasteiger partial charge >= 0.3 is 6.18 Å². The maximum absolute atomic E-state index is 13.3. The highest BCUT2D eigenvalue weighted by Gasteiger charge is 2.34. The topological polar surface area (TPSA) is 34.1 Å². The number of aromatic nitrogens is 1. The largest absolute Gasteiger partial charge is 0.439 e. The van der Waals surface area contributed by atoms with Crippen LogP contribution in [0.25, 0.3) is 0 Å². The molecule has 1 N–H and O–H groups in total. The van der Waals surface area contributed by atoms with Crippen LogP contribution in [-0.4, -0.2) is 4.98 Å². The fourth-order valence-electron chi connectivity index (χ4n) is 2.30. The first-order valence-corrected chi connectivity index (χ1v) is 7.70. The zero-order chi connectivity index (χ0) is 18.6. The molecule has 1 aromatic heterocycles. The van der Waals surface area contributed by atoms with Crippen LogP contribution in [0.5, 0.6) is 11.6 Å². The van der Waals surface area contributed by atoms with Crippen LogP contribution in [0.2, 0.25) is 0 Å². The molecule has 0 saturated carbocycles. The van der Waals surface area contributed by atoms with Gasteiger partial charge in [-0.05, 0) is 42.0 Å². The minimum Gasteiger partial charge on any atom is -0.439 e. The van der Waals surface area contributed by atoms with Crippen LogP contribution in [0.1, 0.15) is 11.1 Å². The number of ether oxygens (including phenoxy) is 1. The van der Waals surface area contributed by atoms with Gasteiger partial charge in [0.15, 0.2) is 0 Å². The van der Waals surface area contributed by atoms with E-state index in [1.165, 1.54) is 6.07 Å². The van der Waals surface area contributed by atoms with E-state index in [0.717, 1.165) is 17.7 Å². The Morgan fingerprint density at radius 1 is 0.962 bits per heavy atom. The van der Waals surface area contributed by atoms with Crippen molar-refractivity contribution in [2.45, 2.75) is 12.7 Å². The van der Waals surface area contributed by atoms with E-state index in [9.17, 15) is 17.6 Å². The lowest BCUT2D eigenvalue weighted by molar-refractivity contribution is -0.139. The zero-order valence-electron chi connectivity index (χ0n) is 13.4. The Labute approximate surface area is 147 Å². The van der Waals surface area contributed by atoms with Gasteiger partial charge in [0.05, 0.1) is 5.56 Å². The summed E-state index contributed by atoms with van der Waals surface area (Å²) in [6, 6.07) is 15.1. The van der Waals surface area contributed by atoms with E-state index in [2.05, 4.69) is 10.3 Å². The van der Waals surface area contributed by atoms with Gasteiger partial charge < -0.3 is 10.1 Å². The summed E-state index contributed by atoms with van der Waals surface area (Å²) in [5.74, 6) is -0.308. The summed E-state index contributed by atoms with van der Waals surface area (Å²) in [5.41, 5.74) is -0.333. The van der Waals surface area contributed by atoms with E-state index in [0.29, 0.717) is 11.6 Å². The number of pyridine rings is 1. The number of alkyl halides is 3. The number of nitrogens with zero attached hydrogens (tertiary/aromatic N) is 1. The molecule has 0 spiro atoms. The Morgan fingerprint density at radius 2 is 1.81 bits per heavy atom. The van der Waals surface area contributed by atoms with Crippen molar-refractivity contribution in [2.75, 3.05) is 5.32 Å². The number of hydrogen-bond acceptors (Lipinski definition) is 3. The first-order valence-electron chi connectivity index (χ1n) is 7.70. The average molecular weight is 362 g/mol. The molecule has 0 radical (unpaired) electrons. The number of benzene rings is 2. The number of hydrogen-bond donors (Lipinski definition) is 1. The summed E-state index contributed by atoms with van der Waals surface area (Å²) in [4.78, 5) is 4.06. The van der Waals surface area contributed by atoms with Crippen LogP contribution in [0, 0.1) is 5.82 Å². The zero-order valence-corrected chi connectivity index (χ0v) is 13.4. The van der Waals surface area contributed by atoms with E-state index in [4.69, 9.17) is 4.74 Å². The van der Waals surface area contributed by atoms with E-state index < -0.39 is 17.6 Å². The Kier molecular flexibility index (Phi) is 5.06. The minimum absolute atomic E-state index is 0.176. The SMILES string of the molecule is Fc1ccc(NCc2cccc(Oc3ccccn3)c2)cc1C(F)(F)F. The van der Waals surface area contributed by atoms with E-state index >= 15 is 0 Å². The van der Waals surface area contributed by atoms with Crippen molar-refractivity contribution in [3.8, 4) is 11.6 Å². The minimum atomic E-state index is -4.74. The number of rotatable bonds is 5. The maximum Gasteiger partial charge on any atom is 0.419 e. The van der Waals surface area contributed by atoms with Crippen molar-refractivity contribution in [1.29, 1.82) is 0 Å². The molecule has 7 heteroatoms. The molecule has 26 heavy (non-hydrogen) atoms. The van der Waals surface area contributed by atoms with E-state index in [-0.39, 0.29) is 12.2 Å². The molecule has 0 aliphatic carbocycles. The van der Waals surface area contributed by atoms with E-state index in [1.807, 2.05) is 0 Å². The van der Waals surface area contributed by atoms with Crippen molar-refractivity contribution in [3.63, 3.8) is 0 Å². The lowest BCUT2D eigenvalue weighted by atomic mass is 10.1. The van der Waals surface area contributed by atoms with Crippen LogP contribution in [0.15, 0.2) is 66.9 Å². The highest BCUT2D eigenvalue weighted by Crippen LogP contribution is 2.33. The van der Waals surface area contributed by atoms with Crippen molar-refractivity contribution in [2.24, 2.45) is 0 Å². The van der Waals surface area contributed by atoms with E-state index in [1.54, 1.807) is 48.7 Å². The summed E-state index contributed by atoms with van der Waals surface area (Å²) in [6.07, 6.45) is -3.13. The van der Waals surface area contributed by atoms with Crippen molar-refractivity contribution >= 4 is 5.69 Å². The Morgan fingerprint density at radius 3 is 2.54 bits per heavy atom. The fraction of sp³-hybridized carbons (Fsp3) is 0.105. The second-order valence-corrected chi connectivity index (χ2v) is 5.46. The van der Waals surface area contributed by atoms with Gasteiger partial charge in [0.25, 0.3) is 0 Å². The van der Waals surface area contributed by atoms with Crippen molar-refractivity contribution in [1.82, 2.24) is 4.98 Å². The number of anilines is 1. The van der Waals surface area contributed by atoms with Gasteiger partial charge in [-0.2, -0.15) is 13.2 Å². The van der Waals surface area contributed by atoms with Gasteiger partial charge in [0.2, 0.25) is 5.88 Å². The molecule has 0 fully saturated rings. The van der Waals surface area contributed by atoms with Gasteiger partial charge in [0, 0.05) is 24.5 Å². The molecule has 1 heterocycles. The van der Waals surface area contributed by atoms with Crippen LogP contribution < -0.4 is 10.1 Å². The van der Waals surface area contributed by atoms with Crippen LogP contribution >= 0.6 is 0 Å². The predicted octanol–water partition coefficient (Wildman–Crippen LogP) is 5.64. The summed E-state index contributed by atoms with van der Waals surface area (Å²) in [7, 11) is 0. The molecule has 0 aliphatic rings. The lowest BCUT2D eigenvalue weighted by Crippen LogP contribution is -2.09. The highest BCUT2D eigenvalue weighted by molar-refractivity contribution is 5.48. The summed E-state index contributed by atoms with van der Waals surface area (Å²) < 4.78 is 57.2. The monoisotopic (exact) mass is 362 g/mol. The number of nitrogens with one attached hydrogen (secondary N) is 1. The molecule has 0 amide bonds. The molecule has 0 unspecified atom stereocenters. The first kappa shape index (κ1) is 17.7. The molecule has 0 saturated heterocycles. The second kappa shape index (κ2) is 7.43. The number of halogens is 4. The normalized spacial score (nSPS) is 11.2. The maximum atomic E-state index is 13.3. The third-order valence-corrected chi connectivity index (χ3v) is 3.53. The summed E-state index contributed by atoms with van der Waals surface area (Å²) in [5, 5.41) is 2.85. The fourth-order valence-corrected chi connectivity index (χ4v) is 2.30. The highest BCUT2D eigenvalue weighted by atomic mass is 19.4. The van der Waals surface area contributed by atoms with Crippen molar-refractivity contribution in [3.05, 3.63) is 83.8 Å².